The average molecular weight is 238 g/mol. The predicted octanol–water partition coefficient (Wildman–Crippen LogP) is 2.92. The van der Waals surface area contributed by atoms with E-state index in [0.29, 0.717) is 5.92 Å². The zero-order valence-electron chi connectivity index (χ0n) is 11.2. The van der Waals surface area contributed by atoms with Crippen LogP contribution in [0.25, 0.3) is 0 Å². The van der Waals surface area contributed by atoms with Gasteiger partial charge in [0, 0.05) is 20.1 Å². The van der Waals surface area contributed by atoms with Crippen molar-refractivity contribution >= 4 is 0 Å². The van der Waals surface area contributed by atoms with Gasteiger partial charge in [-0.3, -0.25) is 0 Å². The molecule has 3 rings (SSSR count). The maximum absolute atomic E-state index is 6.04. The van der Waals surface area contributed by atoms with Gasteiger partial charge < -0.3 is 14.2 Å². The van der Waals surface area contributed by atoms with Gasteiger partial charge in [0.2, 0.25) is 0 Å². The summed E-state index contributed by atoms with van der Waals surface area (Å²) >= 11 is 0. The van der Waals surface area contributed by atoms with Crippen molar-refractivity contribution < 1.29 is 14.2 Å². The summed E-state index contributed by atoms with van der Waals surface area (Å²) in [5.41, 5.74) is -0.133. The Labute approximate surface area is 103 Å². The molecule has 3 nitrogen and oxygen atoms in total. The molecule has 1 aliphatic heterocycles. The number of ether oxygens (including phenoxy) is 3. The monoisotopic (exact) mass is 238 g/mol. The van der Waals surface area contributed by atoms with E-state index in [1.54, 1.807) is 14.2 Å². The maximum atomic E-state index is 6.04. The molecule has 96 valence electrons. The number of rotatable bonds is 2. The fourth-order valence-electron chi connectivity index (χ4n) is 4.32. The second-order valence-corrected chi connectivity index (χ2v) is 6.09. The first-order chi connectivity index (χ1) is 8.05. The molecule has 0 radical (unpaired) electrons. The Bertz CT molecular complexity index is 354. The molecule has 0 spiro atoms. The largest absolute Gasteiger partial charge is 0.443 e. The third-order valence-corrected chi connectivity index (χ3v) is 5.09. The van der Waals surface area contributed by atoms with E-state index in [0.717, 1.165) is 17.6 Å². The molecule has 17 heavy (non-hydrogen) atoms. The lowest BCUT2D eigenvalue weighted by atomic mass is 9.71. The van der Waals surface area contributed by atoms with Gasteiger partial charge in [-0.2, -0.15) is 0 Å². The highest BCUT2D eigenvalue weighted by Crippen LogP contribution is 2.63. The fourth-order valence-corrected chi connectivity index (χ4v) is 4.32. The van der Waals surface area contributed by atoms with Crippen molar-refractivity contribution in [2.45, 2.75) is 39.1 Å². The molecule has 3 aliphatic rings. The lowest BCUT2D eigenvalue weighted by molar-refractivity contribution is -0.374. The van der Waals surface area contributed by atoms with Crippen LogP contribution in [0.15, 0.2) is 11.8 Å². The molecule has 1 saturated heterocycles. The quantitative estimate of drug-likeness (QED) is 0.692. The molecular weight excluding hydrogens is 216 g/mol. The van der Waals surface area contributed by atoms with Crippen LogP contribution in [-0.4, -0.2) is 20.2 Å². The fraction of sp³-hybridized carbons (Fsp3) is 0.857. The van der Waals surface area contributed by atoms with Gasteiger partial charge in [-0.1, -0.05) is 20.3 Å². The van der Waals surface area contributed by atoms with Gasteiger partial charge in [0.15, 0.2) is 0 Å². The second-order valence-electron chi connectivity index (χ2n) is 6.09. The molecule has 0 amide bonds. The third-order valence-electron chi connectivity index (χ3n) is 5.09. The molecule has 3 atom stereocenters. The van der Waals surface area contributed by atoms with Crippen LogP contribution in [0.4, 0.5) is 0 Å². The summed E-state index contributed by atoms with van der Waals surface area (Å²) in [5, 5.41) is 0. The zero-order valence-corrected chi connectivity index (χ0v) is 11.2. The molecule has 0 aromatic carbocycles. The van der Waals surface area contributed by atoms with E-state index in [1.165, 1.54) is 19.3 Å². The summed E-state index contributed by atoms with van der Waals surface area (Å²) in [5.74, 6) is 2.10. The van der Waals surface area contributed by atoms with Crippen LogP contribution in [0.2, 0.25) is 0 Å². The third kappa shape index (κ3) is 1.24. The Morgan fingerprint density at radius 2 is 1.94 bits per heavy atom. The molecule has 0 unspecified atom stereocenters. The Morgan fingerprint density at radius 1 is 1.24 bits per heavy atom. The lowest BCUT2D eigenvalue weighted by Crippen LogP contribution is -2.48. The first-order valence-corrected chi connectivity index (χ1v) is 6.57. The van der Waals surface area contributed by atoms with Crippen molar-refractivity contribution in [1.82, 2.24) is 0 Å². The van der Waals surface area contributed by atoms with Crippen LogP contribution in [-0.2, 0) is 14.2 Å². The van der Waals surface area contributed by atoms with E-state index < -0.39 is 5.97 Å². The van der Waals surface area contributed by atoms with Gasteiger partial charge in [0.25, 0.3) is 0 Å². The van der Waals surface area contributed by atoms with Gasteiger partial charge >= 0.3 is 5.97 Å². The molecular formula is C14H22O3. The number of fused-ring (bicyclic) bond motifs is 3. The summed E-state index contributed by atoms with van der Waals surface area (Å²) in [6, 6.07) is 0. The Morgan fingerprint density at radius 3 is 2.59 bits per heavy atom. The smallest absolute Gasteiger partial charge is 0.332 e. The standard InChI is InChI=1S/C14H22O3/c1-13(2)12-10-7-5-6-9(10)8-11(12)17-14(13,15-3)16-4/h8-10,12H,5-7H2,1-4H3/t9-,10-,12+/m0/s1. The average Bonchev–Trinajstić information content (AvgIpc) is 2.88. The number of hydrogen-bond donors (Lipinski definition) is 0. The van der Waals surface area contributed by atoms with Crippen molar-refractivity contribution in [2.75, 3.05) is 14.2 Å². The zero-order chi connectivity index (χ0) is 12.3. The minimum absolute atomic E-state index is 0.133. The van der Waals surface area contributed by atoms with E-state index in [1.807, 2.05) is 0 Å². The second kappa shape index (κ2) is 3.48. The molecule has 0 aromatic rings. The van der Waals surface area contributed by atoms with E-state index in [9.17, 15) is 0 Å². The molecule has 3 heteroatoms. The Hall–Kier alpha value is -0.540. The van der Waals surface area contributed by atoms with E-state index in [-0.39, 0.29) is 5.41 Å². The summed E-state index contributed by atoms with van der Waals surface area (Å²) in [6.07, 6.45) is 6.30. The summed E-state index contributed by atoms with van der Waals surface area (Å²) in [6.45, 7) is 4.40. The van der Waals surface area contributed by atoms with Gasteiger partial charge in [-0.15, -0.1) is 0 Å². The first-order valence-electron chi connectivity index (χ1n) is 6.57. The number of allylic oxidation sites excluding steroid dienone is 2. The minimum atomic E-state index is -0.906. The van der Waals surface area contributed by atoms with Crippen molar-refractivity contribution in [3.8, 4) is 0 Å². The highest BCUT2D eigenvalue weighted by Gasteiger charge is 2.66. The molecule has 2 aliphatic carbocycles. The van der Waals surface area contributed by atoms with Crippen LogP contribution in [0.5, 0.6) is 0 Å². The van der Waals surface area contributed by atoms with Crippen LogP contribution in [0, 0.1) is 23.2 Å². The van der Waals surface area contributed by atoms with Crippen LogP contribution >= 0.6 is 0 Å². The minimum Gasteiger partial charge on any atom is -0.443 e. The van der Waals surface area contributed by atoms with Crippen LogP contribution in [0.1, 0.15) is 33.1 Å². The Balaban J connectivity index is 2.01. The first kappa shape index (κ1) is 11.5. The van der Waals surface area contributed by atoms with Crippen LogP contribution < -0.4 is 0 Å². The maximum Gasteiger partial charge on any atom is 0.332 e. The highest BCUT2D eigenvalue weighted by molar-refractivity contribution is 5.23. The molecule has 2 fully saturated rings. The normalized spacial score (nSPS) is 40.7. The molecule has 0 bridgehead atoms. The molecule has 0 N–H and O–H groups in total. The summed E-state index contributed by atoms with van der Waals surface area (Å²) < 4.78 is 17.2. The van der Waals surface area contributed by atoms with Gasteiger partial charge in [0.05, 0.1) is 5.41 Å². The van der Waals surface area contributed by atoms with E-state index >= 15 is 0 Å². The molecule has 1 heterocycles. The van der Waals surface area contributed by atoms with Crippen molar-refractivity contribution in [3.63, 3.8) is 0 Å². The van der Waals surface area contributed by atoms with Gasteiger partial charge in [-0.25, -0.2) is 0 Å². The number of methoxy groups -OCH3 is 2. The number of hydrogen-bond acceptors (Lipinski definition) is 3. The topological polar surface area (TPSA) is 27.7 Å². The van der Waals surface area contributed by atoms with E-state index in [2.05, 4.69) is 19.9 Å². The van der Waals surface area contributed by atoms with Crippen molar-refractivity contribution in [3.05, 3.63) is 11.8 Å². The van der Waals surface area contributed by atoms with E-state index in [4.69, 9.17) is 14.2 Å². The highest BCUT2D eigenvalue weighted by atomic mass is 16.9. The van der Waals surface area contributed by atoms with Gasteiger partial charge in [0.1, 0.15) is 5.76 Å². The van der Waals surface area contributed by atoms with Gasteiger partial charge in [-0.05, 0) is 30.8 Å². The lowest BCUT2D eigenvalue weighted by Gasteiger charge is -2.39. The Kier molecular flexibility index (Phi) is 2.37. The predicted molar refractivity (Wildman–Crippen MR) is 64.0 cm³/mol. The summed E-state index contributed by atoms with van der Waals surface area (Å²) in [4.78, 5) is 0. The summed E-state index contributed by atoms with van der Waals surface area (Å²) in [7, 11) is 3.33. The van der Waals surface area contributed by atoms with Crippen molar-refractivity contribution in [2.24, 2.45) is 23.2 Å². The molecule has 1 saturated carbocycles. The molecule has 0 aromatic heterocycles. The van der Waals surface area contributed by atoms with Crippen molar-refractivity contribution in [1.29, 1.82) is 0 Å². The SMILES string of the molecule is COC1(OC)OC2=C[C@@H]3CCC[C@@H]3[C@H]2C1(C)C. The van der Waals surface area contributed by atoms with Crippen LogP contribution in [0.3, 0.4) is 0 Å².